The molecule has 2 amide bonds. The van der Waals surface area contributed by atoms with E-state index in [1.165, 1.54) is 0 Å². The number of methoxy groups -OCH3 is 1. The molecule has 1 fully saturated rings. The predicted molar refractivity (Wildman–Crippen MR) is 90.8 cm³/mol. The Morgan fingerprint density at radius 1 is 1.25 bits per heavy atom. The van der Waals surface area contributed by atoms with Crippen LogP contribution in [0.1, 0.15) is 19.3 Å². The second-order valence-corrected chi connectivity index (χ2v) is 6.01. The van der Waals surface area contributed by atoms with Gasteiger partial charge in [0.1, 0.15) is 5.75 Å². The number of anilines is 1. The zero-order valence-electron chi connectivity index (χ0n) is 14.0. The SMILES string of the molecule is COCC1(C(=O)Nc2ccc(OCCC(N)=O)cc2)CCNCC1. The van der Waals surface area contributed by atoms with Crippen molar-refractivity contribution in [1.82, 2.24) is 5.32 Å². The van der Waals surface area contributed by atoms with E-state index in [9.17, 15) is 9.59 Å². The fraction of sp³-hybridized carbons (Fsp3) is 0.529. The van der Waals surface area contributed by atoms with E-state index in [-0.39, 0.29) is 18.9 Å². The van der Waals surface area contributed by atoms with Crippen molar-refractivity contribution in [3.05, 3.63) is 24.3 Å². The molecule has 0 radical (unpaired) electrons. The molecule has 1 aromatic rings. The van der Waals surface area contributed by atoms with Crippen molar-refractivity contribution in [2.24, 2.45) is 11.1 Å². The summed E-state index contributed by atoms with van der Waals surface area (Å²) in [6, 6.07) is 7.06. The number of ether oxygens (including phenoxy) is 2. The van der Waals surface area contributed by atoms with Crippen molar-refractivity contribution in [3.63, 3.8) is 0 Å². The highest BCUT2D eigenvalue weighted by atomic mass is 16.5. The first-order valence-electron chi connectivity index (χ1n) is 8.08. The Morgan fingerprint density at radius 2 is 1.92 bits per heavy atom. The molecule has 1 heterocycles. The highest BCUT2D eigenvalue weighted by Crippen LogP contribution is 2.31. The van der Waals surface area contributed by atoms with Crippen LogP contribution in [-0.2, 0) is 14.3 Å². The second kappa shape index (κ2) is 8.65. The summed E-state index contributed by atoms with van der Waals surface area (Å²) in [4.78, 5) is 23.4. The maximum absolute atomic E-state index is 12.7. The van der Waals surface area contributed by atoms with E-state index in [1.807, 2.05) is 0 Å². The van der Waals surface area contributed by atoms with Crippen molar-refractivity contribution >= 4 is 17.5 Å². The van der Waals surface area contributed by atoms with Gasteiger partial charge in [-0.05, 0) is 50.2 Å². The molecule has 0 saturated carbocycles. The molecule has 0 atom stereocenters. The Hall–Kier alpha value is -2.12. The average molecular weight is 335 g/mol. The van der Waals surface area contributed by atoms with Crippen LogP contribution >= 0.6 is 0 Å². The number of amides is 2. The quantitative estimate of drug-likeness (QED) is 0.655. The zero-order chi connectivity index (χ0) is 17.4. The molecular formula is C17H25N3O4. The molecular weight excluding hydrogens is 310 g/mol. The van der Waals surface area contributed by atoms with Gasteiger partial charge in [-0.15, -0.1) is 0 Å². The number of piperidine rings is 1. The summed E-state index contributed by atoms with van der Waals surface area (Å²) in [7, 11) is 1.62. The number of nitrogens with one attached hydrogen (secondary N) is 2. The maximum Gasteiger partial charge on any atom is 0.233 e. The molecule has 1 aliphatic heterocycles. The number of rotatable bonds is 8. The molecule has 7 nitrogen and oxygen atoms in total. The van der Waals surface area contributed by atoms with E-state index in [0.29, 0.717) is 18.0 Å². The van der Waals surface area contributed by atoms with Crippen LogP contribution in [0.25, 0.3) is 0 Å². The third-order valence-corrected chi connectivity index (χ3v) is 4.19. The van der Waals surface area contributed by atoms with Crippen LogP contribution in [0.5, 0.6) is 5.75 Å². The van der Waals surface area contributed by atoms with Gasteiger partial charge in [0.05, 0.1) is 25.0 Å². The number of hydrogen-bond acceptors (Lipinski definition) is 5. The molecule has 1 saturated heterocycles. The Bertz CT molecular complexity index is 548. The van der Waals surface area contributed by atoms with E-state index < -0.39 is 11.3 Å². The molecule has 0 unspecified atom stereocenters. The molecule has 24 heavy (non-hydrogen) atoms. The highest BCUT2D eigenvalue weighted by molar-refractivity contribution is 5.95. The van der Waals surface area contributed by atoms with Gasteiger partial charge in [0, 0.05) is 12.8 Å². The first-order chi connectivity index (χ1) is 11.6. The van der Waals surface area contributed by atoms with Gasteiger partial charge in [-0.1, -0.05) is 0 Å². The molecule has 0 aliphatic carbocycles. The summed E-state index contributed by atoms with van der Waals surface area (Å²) in [5.74, 6) is 0.209. The average Bonchev–Trinajstić information content (AvgIpc) is 2.57. The number of carbonyl (C=O) groups excluding carboxylic acids is 2. The van der Waals surface area contributed by atoms with Crippen molar-refractivity contribution in [1.29, 1.82) is 0 Å². The molecule has 1 aromatic carbocycles. The summed E-state index contributed by atoms with van der Waals surface area (Å²) in [5, 5.41) is 6.23. The van der Waals surface area contributed by atoms with Crippen LogP contribution < -0.4 is 21.1 Å². The molecule has 0 bridgehead atoms. The molecule has 0 spiro atoms. The number of hydrogen-bond donors (Lipinski definition) is 3. The third kappa shape index (κ3) is 4.94. The Balaban J connectivity index is 1.94. The van der Waals surface area contributed by atoms with E-state index in [4.69, 9.17) is 15.2 Å². The number of primary amides is 1. The second-order valence-electron chi connectivity index (χ2n) is 6.01. The standard InChI is InChI=1S/C17H25N3O4/c1-23-12-17(7-9-19-10-8-17)16(22)20-13-2-4-14(5-3-13)24-11-6-15(18)21/h2-5,19H,6-12H2,1H3,(H2,18,21)(H,20,22). The molecule has 0 aromatic heterocycles. The lowest BCUT2D eigenvalue weighted by Gasteiger charge is -2.35. The number of nitrogens with two attached hydrogens (primary N) is 1. The Morgan fingerprint density at radius 3 is 2.50 bits per heavy atom. The lowest BCUT2D eigenvalue weighted by Crippen LogP contribution is -2.47. The molecule has 2 rings (SSSR count). The van der Waals surface area contributed by atoms with Gasteiger partial charge >= 0.3 is 0 Å². The molecule has 4 N–H and O–H groups in total. The van der Waals surface area contributed by atoms with Crippen LogP contribution in [0.4, 0.5) is 5.69 Å². The van der Waals surface area contributed by atoms with Gasteiger partial charge in [-0.2, -0.15) is 0 Å². The Kier molecular flexibility index (Phi) is 6.57. The van der Waals surface area contributed by atoms with Crippen molar-refractivity contribution in [2.45, 2.75) is 19.3 Å². The van der Waals surface area contributed by atoms with E-state index in [1.54, 1.807) is 31.4 Å². The fourth-order valence-electron chi connectivity index (χ4n) is 2.79. The van der Waals surface area contributed by atoms with Gasteiger partial charge in [-0.25, -0.2) is 0 Å². The van der Waals surface area contributed by atoms with Crippen molar-refractivity contribution in [3.8, 4) is 5.75 Å². The number of carbonyl (C=O) groups is 2. The minimum atomic E-state index is -0.489. The predicted octanol–water partition coefficient (Wildman–Crippen LogP) is 0.895. The lowest BCUT2D eigenvalue weighted by molar-refractivity contribution is -0.130. The topological polar surface area (TPSA) is 103 Å². The first kappa shape index (κ1) is 18.2. The summed E-state index contributed by atoms with van der Waals surface area (Å²) >= 11 is 0. The van der Waals surface area contributed by atoms with Gasteiger partial charge < -0.3 is 25.8 Å². The van der Waals surface area contributed by atoms with Crippen LogP contribution in [0.15, 0.2) is 24.3 Å². The minimum Gasteiger partial charge on any atom is -0.493 e. The van der Waals surface area contributed by atoms with Gasteiger partial charge in [0.2, 0.25) is 11.8 Å². The summed E-state index contributed by atoms with van der Waals surface area (Å²) in [6.07, 6.45) is 1.67. The molecule has 132 valence electrons. The smallest absolute Gasteiger partial charge is 0.233 e. The maximum atomic E-state index is 12.7. The van der Waals surface area contributed by atoms with Crippen LogP contribution in [0.3, 0.4) is 0 Å². The monoisotopic (exact) mass is 335 g/mol. The first-order valence-corrected chi connectivity index (χ1v) is 8.08. The summed E-state index contributed by atoms with van der Waals surface area (Å²) < 4.78 is 10.7. The van der Waals surface area contributed by atoms with E-state index in [0.717, 1.165) is 25.9 Å². The largest absolute Gasteiger partial charge is 0.493 e. The summed E-state index contributed by atoms with van der Waals surface area (Å²) in [6.45, 7) is 2.27. The van der Waals surface area contributed by atoms with E-state index in [2.05, 4.69) is 10.6 Å². The highest BCUT2D eigenvalue weighted by Gasteiger charge is 2.39. The summed E-state index contributed by atoms with van der Waals surface area (Å²) in [5.41, 5.74) is 5.28. The minimum absolute atomic E-state index is 0.0201. The zero-order valence-corrected chi connectivity index (χ0v) is 14.0. The molecule has 7 heteroatoms. The molecule has 1 aliphatic rings. The van der Waals surface area contributed by atoms with Gasteiger partial charge in [0.25, 0.3) is 0 Å². The fourth-order valence-corrected chi connectivity index (χ4v) is 2.79. The van der Waals surface area contributed by atoms with Crippen LogP contribution in [0, 0.1) is 5.41 Å². The van der Waals surface area contributed by atoms with Crippen LogP contribution in [-0.4, -0.2) is 45.2 Å². The number of benzene rings is 1. The van der Waals surface area contributed by atoms with Crippen molar-refractivity contribution < 1.29 is 19.1 Å². The van der Waals surface area contributed by atoms with Crippen LogP contribution in [0.2, 0.25) is 0 Å². The van der Waals surface area contributed by atoms with Gasteiger partial charge in [0.15, 0.2) is 0 Å². The Labute approximate surface area is 141 Å². The third-order valence-electron chi connectivity index (χ3n) is 4.19. The van der Waals surface area contributed by atoms with Crippen molar-refractivity contribution in [2.75, 3.05) is 38.7 Å². The normalized spacial score (nSPS) is 16.4. The van der Waals surface area contributed by atoms with E-state index >= 15 is 0 Å². The lowest BCUT2D eigenvalue weighted by atomic mass is 9.78. The van der Waals surface area contributed by atoms with Gasteiger partial charge in [-0.3, -0.25) is 9.59 Å².